The van der Waals surface area contributed by atoms with Crippen LogP contribution in [0, 0.1) is 0 Å². The number of hydrogen-bond acceptors (Lipinski definition) is 3. The van der Waals surface area contributed by atoms with Gasteiger partial charge < -0.3 is 15.8 Å². The average molecular weight is 271 g/mol. The number of rotatable bonds is 3. The van der Waals surface area contributed by atoms with Gasteiger partial charge in [-0.05, 0) is 24.5 Å². The highest BCUT2D eigenvalue weighted by molar-refractivity contribution is 5.85. The maximum absolute atomic E-state index is 11.7. The van der Waals surface area contributed by atoms with Crippen molar-refractivity contribution in [2.24, 2.45) is 5.73 Å². The molecular formula is C13H19ClN2O2. The van der Waals surface area contributed by atoms with Crippen molar-refractivity contribution >= 4 is 18.3 Å². The normalized spacial score (nSPS) is 18.9. The molecule has 3 N–H and O–H groups in total. The molecule has 0 aliphatic carbocycles. The molecule has 0 bridgehead atoms. The summed E-state index contributed by atoms with van der Waals surface area (Å²) in [5.41, 5.74) is 6.81. The van der Waals surface area contributed by atoms with Crippen LogP contribution in [0.2, 0.25) is 0 Å². The number of carbonyl (C=O) groups excluding carboxylic acids is 1. The Balaban J connectivity index is 0.00000162. The molecule has 2 rings (SSSR count). The van der Waals surface area contributed by atoms with E-state index in [1.165, 1.54) is 0 Å². The van der Waals surface area contributed by atoms with Gasteiger partial charge in [0, 0.05) is 0 Å². The van der Waals surface area contributed by atoms with Crippen molar-refractivity contribution in [1.82, 2.24) is 5.32 Å². The van der Waals surface area contributed by atoms with E-state index < -0.39 is 6.04 Å². The van der Waals surface area contributed by atoms with Crippen LogP contribution in [0.15, 0.2) is 24.3 Å². The number of hydrogen-bond donors (Lipinski definition) is 2. The minimum Gasteiger partial charge on any atom is -0.491 e. The third-order valence-corrected chi connectivity index (χ3v) is 3.00. The van der Waals surface area contributed by atoms with E-state index >= 15 is 0 Å². The highest BCUT2D eigenvalue weighted by atomic mass is 35.5. The van der Waals surface area contributed by atoms with Gasteiger partial charge in [0.25, 0.3) is 0 Å². The first-order valence-electron chi connectivity index (χ1n) is 5.97. The van der Waals surface area contributed by atoms with Gasteiger partial charge in [-0.1, -0.05) is 25.1 Å². The minimum absolute atomic E-state index is 0. The molecule has 4 nitrogen and oxygen atoms in total. The monoisotopic (exact) mass is 270 g/mol. The molecule has 1 heterocycles. The van der Waals surface area contributed by atoms with Crippen LogP contribution in [0.3, 0.4) is 0 Å². The van der Waals surface area contributed by atoms with Gasteiger partial charge in [-0.3, -0.25) is 4.79 Å². The first kappa shape index (κ1) is 14.8. The first-order valence-corrected chi connectivity index (χ1v) is 5.97. The zero-order chi connectivity index (χ0) is 12.3. The topological polar surface area (TPSA) is 64.4 Å². The summed E-state index contributed by atoms with van der Waals surface area (Å²) >= 11 is 0. The lowest BCUT2D eigenvalue weighted by Crippen LogP contribution is -2.49. The van der Waals surface area contributed by atoms with Crippen LogP contribution in [0.5, 0.6) is 5.75 Å². The molecule has 0 aromatic heterocycles. The SMILES string of the molecule is CC[C@H](N)C(=O)NC1COc2ccccc2C1.Cl. The molecule has 1 aromatic rings. The van der Waals surface area contributed by atoms with E-state index in [4.69, 9.17) is 10.5 Å². The largest absolute Gasteiger partial charge is 0.491 e. The number of carbonyl (C=O) groups is 1. The van der Waals surface area contributed by atoms with Crippen LogP contribution in [0.25, 0.3) is 0 Å². The van der Waals surface area contributed by atoms with Gasteiger partial charge >= 0.3 is 0 Å². The van der Waals surface area contributed by atoms with Crippen molar-refractivity contribution in [1.29, 1.82) is 0 Å². The van der Waals surface area contributed by atoms with Gasteiger partial charge in [-0.15, -0.1) is 12.4 Å². The molecule has 5 heteroatoms. The zero-order valence-electron chi connectivity index (χ0n) is 10.4. The number of benzene rings is 1. The molecule has 1 aliphatic heterocycles. The maximum Gasteiger partial charge on any atom is 0.237 e. The molecular weight excluding hydrogens is 252 g/mol. The number of fused-ring (bicyclic) bond motifs is 1. The maximum atomic E-state index is 11.7. The summed E-state index contributed by atoms with van der Waals surface area (Å²) in [6.45, 7) is 2.41. The molecule has 1 unspecified atom stereocenters. The lowest BCUT2D eigenvalue weighted by molar-refractivity contribution is -0.123. The summed E-state index contributed by atoms with van der Waals surface area (Å²) in [5.74, 6) is 0.818. The second-order valence-electron chi connectivity index (χ2n) is 4.34. The lowest BCUT2D eigenvalue weighted by atomic mass is 10.0. The highest BCUT2D eigenvalue weighted by Crippen LogP contribution is 2.23. The molecule has 0 radical (unpaired) electrons. The van der Waals surface area contributed by atoms with E-state index in [-0.39, 0.29) is 24.4 Å². The predicted molar refractivity (Wildman–Crippen MR) is 73.1 cm³/mol. The molecule has 0 saturated carbocycles. The predicted octanol–water partition coefficient (Wildman–Crippen LogP) is 1.27. The zero-order valence-corrected chi connectivity index (χ0v) is 11.2. The summed E-state index contributed by atoms with van der Waals surface area (Å²) in [6.07, 6.45) is 1.45. The standard InChI is InChI=1S/C13H18N2O2.ClH/c1-2-11(14)13(16)15-10-7-9-5-3-4-6-12(9)17-8-10;/h3-6,10-11H,2,7-8,14H2,1H3,(H,15,16);1H/t10?,11-;/m0./s1. The second-order valence-corrected chi connectivity index (χ2v) is 4.34. The molecule has 0 spiro atoms. The Hall–Kier alpha value is -1.26. The summed E-state index contributed by atoms with van der Waals surface area (Å²) in [7, 11) is 0. The van der Waals surface area contributed by atoms with Crippen molar-refractivity contribution in [3.63, 3.8) is 0 Å². The number of amides is 1. The molecule has 18 heavy (non-hydrogen) atoms. The van der Waals surface area contributed by atoms with Gasteiger partial charge in [0.05, 0.1) is 12.1 Å². The van der Waals surface area contributed by atoms with Crippen molar-refractivity contribution in [2.75, 3.05) is 6.61 Å². The number of nitrogens with one attached hydrogen (secondary N) is 1. The fourth-order valence-electron chi connectivity index (χ4n) is 1.91. The van der Waals surface area contributed by atoms with Gasteiger partial charge in [0.2, 0.25) is 5.91 Å². The summed E-state index contributed by atoms with van der Waals surface area (Å²) in [6, 6.07) is 7.50. The fourth-order valence-corrected chi connectivity index (χ4v) is 1.91. The van der Waals surface area contributed by atoms with Gasteiger partial charge in [-0.25, -0.2) is 0 Å². The first-order chi connectivity index (χ1) is 8.20. The van der Waals surface area contributed by atoms with Crippen molar-refractivity contribution in [3.05, 3.63) is 29.8 Å². The highest BCUT2D eigenvalue weighted by Gasteiger charge is 2.22. The van der Waals surface area contributed by atoms with E-state index in [1.54, 1.807) is 0 Å². The van der Waals surface area contributed by atoms with E-state index in [1.807, 2.05) is 31.2 Å². The summed E-state index contributed by atoms with van der Waals surface area (Å²) in [5, 5.41) is 2.92. The van der Waals surface area contributed by atoms with Crippen LogP contribution in [-0.4, -0.2) is 24.6 Å². The molecule has 1 aromatic carbocycles. The van der Waals surface area contributed by atoms with Gasteiger partial charge in [0.15, 0.2) is 0 Å². The molecule has 100 valence electrons. The van der Waals surface area contributed by atoms with Crippen molar-refractivity contribution < 1.29 is 9.53 Å². The van der Waals surface area contributed by atoms with Gasteiger partial charge in [0.1, 0.15) is 12.4 Å². The minimum atomic E-state index is -0.424. The van der Waals surface area contributed by atoms with Crippen LogP contribution < -0.4 is 15.8 Å². The number of ether oxygens (including phenoxy) is 1. The Labute approximate surface area is 113 Å². The Bertz CT molecular complexity index is 412. The summed E-state index contributed by atoms with van der Waals surface area (Å²) < 4.78 is 5.59. The average Bonchev–Trinajstić information content (AvgIpc) is 2.37. The van der Waals surface area contributed by atoms with E-state index in [0.717, 1.165) is 17.7 Å². The number of para-hydroxylation sites is 1. The Kier molecular flexibility index (Phi) is 5.44. The van der Waals surface area contributed by atoms with Crippen molar-refractivity contribution in [3.8, 4) is 5.75 Å². The molecule has 1 aliphatic rings. The number of nitrogens with two attached hydrogens (primary N) is 1. The Morgan fingerprint density at radius 3 is 3.00 bits per heavy atom. The second kappa shape index (κ2) is 6.61. The summed E-state index contributed by atoms with van der Waals surface area (Å²) in [4.78, 5) is 11.7. The van der Waals surface area contributed by atoms with Crippen LogP contribution in [0.1, 0.15) is 18.9 Å². The molecule has 0 saturated heterocycles. The van der Waals surface area contributed by atoms with Crippen LogP contribution >= 0.6 is 12.4 Å². The molecule has 2 atom stereocenters. The smallest absolute Gasteiger partial charge is 0.237 e. The van der Waals surface area contributed by atoms with E-state index in [9.17, 15) is 4.79 Å². The quantitative estimate of drug-likeness (QED) is 0.869. The Morgan fingerprint density at radius 2 is 2.28 bits per heavy atom. The van der Waals surface area contributed by atoms with E-state index in [0.29, 0.717) is 13.0 Å². The van der Waals surface area contributed by atoms with Crippen LogP contribution in [0.4, 0.5) is 0 Å². The third kappa shape index (κ3) is 3.37. The van der Waals surface area contributed by atoms with E-state index in [2.05, 4.69) is 5.32 Å². The van der Waals surface area contributed by atoms with Crippen molar-refractivity contribution in [2.45, 2.75) is 31.8 Å². The third-order valence-electron chi connectivity index (χ3n) is 3.00. The van der Waals surface area contributed by atoms with Crippen LogP contribution in [-0.2, 0) is 11.2 Å². The Morgan fingerprint density at radius 1 is 1.56 bits per heavy atom. The molecule has 0 fully saturated rings. The fraction of sp³-hybridized carbons (Fsp3) is 0.462. The number of halogens is 1. The lowest BCUT2D eigenvalue weighted by Gasteiger charge is -2.26. The van der Waals surface area contributed by atoms with Gasteiger partial charge in [-0.2, -0.15) is 0 Å². The molecule has 1 amide bonds.